The first-order valence-corrected chi connectivity index (χ1v) is 28.7. The van der Waals surface area contributed by atoms with Crippen molar-refractivity contribution in [3.63, 3.8) is 0 Å². The molecule has 5 atom stereocenters. The van der Waals surface area contributed by atoms with Crippen LogP contribution in [0.4, 0.5) is 0 Å². The molecule has 0 bridgehead atoms. The predicted octanol–water partition coefficient (Wildman–Crippen LogP) is 9.92. The topological polar surface area (TPSA) is 40.2 Å². The molecule has 8 heteroatoms. The van der Waals surface area contributed by atoms with Crippen molar-refractivity contribution < 1.29 is 18.0 Å². The van der Waals surface area contributed by atoms with Crippen LogP contribution in [0.1, 0.15) is 93.4 Å². The second-order valence-electron chi connectivity index (χ2n) is 16.7. The van der Waals surface area contributed by atoms with Gasteiger partial charge in [0.25, 0.3) is 0 Å². The van der Waals surface area contributed by atoms with Crippen LogP contribution in [0, 0.1) is 5.92 Å². The summed E-state index contributed by atoms with van der Waals surface area (Å²) >= 11 is 0. The molecule has 0 aromatic carbocycles. The van der Waals surface area contributed by atoms with Crippen LogP contribution < -0.4 is 0 Å². The Morgan fingerprint density at radius 3 is 1.79 bits per heavy atom. The van der Waals surface area contributed by atoms with E-state index in [1.807, 2.05) is 0 Å². The quantitative estimate of drug-likeness (QED) is 0.128. The molecular weight excluding hydrogens is 549 g/mol. The molecule has 0 amide bonds. The molecule has 2 fully saturated rings. The highest BCUT2D eigenvalue weighted by atomic mass is 28.4. The Bertz CT molecular complexity index is 797. The van der Waals surface area contributed by atoms with Crippen LogP contribution in [0.15, 0.2) is 0 Å². The van der Waals surface area contributed by atoms with Gasteiger partial charge in [0.05, 0.1) is 31.6 Å². The first kappa shape index (κ1) is 35.9. The van der Waals surface area contributed by atoms with Crippen molar-refractivity contribution in [2.45, 2.75) is 192 Å². The van der Waals surface area contributed by atoms with Crippen LogP contribution in [0.25, 0.3) is 0 Å². The highest BCUT2D eigenvalue weighted by Gasteiger charge is 2.60. The number of epoxide rings is 1. The standard InChI is InChI=1S/C31H68O4Si4/c1-17-28(33-37(11,12)13)39(16,23-22-25-20-21-26-27(24-25)32-26)35-31(18-2,19-3)29(4,5)38(14,15)34-30(6,7)36(8,9)10/h25-28H,17-24H2,1-16H3. The molecule has 0 N–H and O–H groups in total. The first-order chi connectivity index (χ1) is 17.5. The number of fused-ring (bicyclic) bond motifs is 1. The Labute approximate surface area is 248 Å². The summed E-state index contributed by atoms with van der Waals surface area (Å²) in [5.41, 5.74) is 0.00209. The summed E-state index contributed by atoms with van der Waals surface area (Å²) in [5, 5.41) is -0.142. The van der Waals surface area contributed by atoms with Crippen LogP contribution in [0.5, 0.6) is 0 Å². The molecule has 1 heterocycles. The van der Waals surface area contributed by atoms with E-state index in [1.54, 1.807) is 0 Å². The molecule has 0 aromatic rings. The smallest absolute Gasteiger partial charge is 0.217 e. The Balaban J connectivity index is 2.46. The summed E-state index contributed by atoms with van der Waals surface area (Å²) in [5.74, 6) is 0.769. The minimum absolute atomic E-state index is 0.0634. The Morgan fingerprint density at radius 2 is 1.36 bits per heavy atom. The molecule has 4 nitrogen and oxygen atoms in total. The van der Waals surface area contributed by atoms with Gasteiger partial charge < -0.3 is 18.0 Å². The van der Waals surface area contributed by atoms with E-state index in [1.165, 1.54) is 31.7 Å². The number of hydrogen-bond donors (Lipinski definition) is 0. The zero-order chi connectivity index (χ0) is 30.3. The average Bonchev–Trinajstić information content (AvgIpc) is 3.56. The summed E-state index contributed by atoms with van der Waals surface area (Å²) in [6.45, 7) is 38.5. The lowest BCUT2D eigenvalue weighted by atomic mass is 9.84. The third-order valence-corrected chi connectivity index (χ3v) is 24.9. The molecule has 2 aliphatic rings. The van der Waals surface area contributed by atoms with Crippen molar-refractivity contribution in [1.82, 2.24) is 0 Å². The van der Waals surface area contributed by atoms with Gasteiger partial charge in [-0.05, 0) is 104 Å². The zero-order valence-electron chi connectivity index (χ0n) is 29.1. The molecule has 232 valence electrons. The Morgan fingerprint density at radius 1 is 0.795 bits per heavy atom. The lowest BCUT2D eigenvalue weighted by Gasteiger charge is -2.59. The fourth-order valence-electron chi connectivity index (χ4n) is 6.90. The van der Waals surface area contributed by atoms with E-state index in [0.29, 0.717) is 12.2 Å². The summed E-state index contributed by atoms with van der Waals surface area (Å²) < 4.78 is 28.1. The molecule has 1 saturated carbocycles. The third-order valence-electron chi connectivity index (χ3n) is 11.2. The van der Waals surface area contributed by atoms with Crippen LogP contribution >= 0.6 is 0 Å². The Kier molecular flexibility index (Phi) is 11.4. The van der Waals surface area contributed by atoms with Crippen molar-refractivity contribution in [2.75, 3.05) is 0 Å². The number of rotatable bonds is 16. The Hall–Kier alpha value is 0.708. The molecule has 1 saturated heterocycles. The van der Waals surface area contributed by atoms with E-state index in [2.05, 4.69) is 107 Å². The lowest BCUT2D eigenvalue weighted by molar-refractivity contribution is -0.0126. The third kappa shape index (κ3) is 8.21. The van der Waals surface area contributed by atoms with E-state index < -0.39 is 33.0 Å². The van der Waals surface area contributed by atoms with E-state index in [9.17, 15) is 0 Å². The minimum atomic E-state index is -2.30. The van der Waals surface area contributed by atoms with Crippen molar-refractivity contribution >= 4 is 33.0 Å². The SMILES string of the molecule is CCC(O[Si](C)(C)C)[Si](C)(CCC1CCC2OC2C1)OC(CC)(CC)C(C)(C)[Si](C)(C)OC(C)(C)[Si](C)(C)C. The lowest BCUT2D eigenvalue weighted by Crippen LogP contribution is -2.66. The second-order valence-corrected chi connectivity index (χ2v) is 35.3. The van der Waals surface area contributed by atoms with Gasteiger partial charge in [-0.3, -0.25) is 0 Å². The van der Waals surface area contributed by atoms with Crippen LogP contribution in [-0.2, 0) is 18.0 Å². The maximum atomic E-state index is 7.87. The molecule has 1 aliphatic heterocycles. The fourth-order valence-corrected chi connectivity index (χ4v) is 18.9. The summed E-state index contributed by atoms with van der Waals surface area (Å²) in [6, 6.07) is 1.18. The van der Waals surface area contributed by atoms with Gasteiger partial charge in [-0.1, -0.05) is 60.7 Å². The molecule has 1 aliphatic carbocycles. The van der Waals surface area contributed by atoms with Gasteiger partial charge in [0.2, 0.25) is 8.32 Å². The van der Waals surface area contributed by atoms with E-state index in [0.717, 1.165) is 25.2 Å². The summed E-state index contributed by atoms with van der Waals surface area (Å²) in [4.78, 5) is 0. The van der Waals surface area contributed by atoms with Crippen molar-refractivity contribution in [2.24, 2.45) is 5.92 Å². The van der Waals surface area contributed by atoms with E-state index in [4.69, 9.17) is 18.0 Å². The van der Waals surface area contributed by atoms with Gasteiger partial charge in [-0.2, -0.15) is 0 Å². The van der Waals surface area contributed by atoms with Gasteiger partial charge in [0.1, 0.15) is 0 Å². The van der Waals surface area contributed by atoms with E-state index >= 15 is 0 Å². The van der Waals surface area contributed by atoms with Crippen molar-refractivity contribution in [1.29, 1.82) is 0 Å². The highest BCUT2D eigenvalue weighted by molar-refractivity contribution is 6.81. The molecule has 0 aromatic heterocycles. The largest absolute Gasteiger partial charge is 0.415 e. The van der Waals surface area contributed by atoms with Crippen LogP contribution in [0.2, 0.25) is 70.0 Å². The van der Waals surface area contributed by atoms with Gasteiger partial charge >= 0.3 is 0 Å². The molecule has 0 radical (unpaired) electrons. The normalized spacial score (nSPS) is 25.7. The molecule has 5 unspecified atom stereocenters. The average molecular weight is 617 g/mol. The summed E-state index contributed by atoms with van der Waals surface area (Å²) in [7, 11) is -7.78. The van der Waals surface area contributed by atoms with Gasteiger partial charge in [0.15, 0.2) is 16.6 Å². The fraction of sp³-hybridized carbons (Fsp3) is 1.00. The number of ether oxygens (including phenoxy) is 1. The van der Waals surface area contributed by atoms with Gasteiger partial charge in [0, 0.05) is 10.3 Å². The van der Waals surface area contributed by atoms with Crippen LogP contribution in [-0.4, -0.2) is 61.8 Å². The molecular formula is C31H68O4Si4. The van der Waals surface area contributed by atoms with Gasteiger partial charge in [-0.25, -0.2) is 0 Å². The van der Waals surface area contributed by atoms with Crippen LogP contribution in [0.3, 0.4) is 0 Å². The molecule has 0 spiro atoms. The van der Waals surface area contributed by atoms with Gasteiger partial charge in [-0.15, -0.1) is 0 Å². The highest BCUT2D eigenvalue weighted by Crippen LogP contribution is 2.56. The summed E-state index contributed by atoms with van der Waals surface area (Å²) in [6.07, 6.45) is 9.24. The molecule has 39 heavy (non-hydrogen) atoms. The first-order valence-electron chi connectivity index (χ1n) is 16.2. The maximum Gasteiger partial charge on any atom is 0.217 e. The van der Waals surface area contributed by atoms with E-state index in [-0.39, 0.29) is 21.6 Å². The van der Waals surface area contributed by atoms with Crippen molar-refractivity contribution in [3.8, 4) is 0 Å². The zero-order valence-corrected chi connectivity index (χ0v) is 33.1. The number of hydrogen-bond acceptors (Lipinski definition) is 4. The van der Waals surface area contributed by atoms with Crippen molar-refractivity contribution in [3.05, 3.63) is 0 Å². The monoisotopic (exact) mass is 616 g/mol. The predicted molar refractivity (Wildman–Crippen MR) is 180 cm³/mol. The second kappa shape index (κ2) is 12.4. The minimum Gasteiger partial charge on any atom is -0.415 e. The molecule has 2 rings (SSSR count). The maximum absolute atomic E-state index is 7.87.